The van der Waals surface area contributed by atoms with Crippen LogP contribution in [0.3, 0.4) is 0 Å². The van der Waals surface area contributed by atoms with Gasteiger partial charge in [0.2, 0.25) is 12.3 Å². The summed E-state index contributed by atoms with van der Waals surface area (Å²) in [5, 5.41) is 22.5. The van der Waals surface area contributed by atoms with E-state index in [9.17, 15) is 23.9 Å². The molecule has 0 bridgehead atoms. The van der Waals surface area contributed by atoms with Gasteiger partial charge in [0.1, 0.15) is 11.5 Å². The van der Waals surface area contributed by atoms with E-state index in [1.54, 1.807) is 17.0 Å². The van der Waals surface area contributed by atoms with Gasteiger partial charge in [0.15, 0.2) is 5.82 Å². The lowest BCUT2D eigenvalue weighted by Crippen LogP contribution is -2.37. The van der Waals surface area contributed by atoms with Crippen LogP contribution in [0, 0.1) is 18.2 Å². The number of aryl methyl sites for hydroxylation is 1. The Bertz CT molecular complexity index is 1390. The molecule has 4 rings (SSSR count). The zero-order valence-electron chi connectivity index (χ0n) is 25.2. The first-order valence-corrected chi connectivity index (χ1v) is 14.6. The molecule has 3 aromatic carbocycles. The largest absolute Gasteiger partial charge is 0.508 e. The Labute approximate surface area is 257 Å². The second kappa shape index (κ2) is 18.9. The molecular weight excluding hydrogens is 573 g/mol. The summed E-state index contributed by atoms with van der Waals surface area (Å²) in [6.07, 6.45) is 3.94. The Morgan fingerprint density at radius 2 is 1.74 bits per heavy atom. The number of likely N-dealkylation sites (tertiary alicyclic amines) is 1. The minimum Gasteiger partial charge on any atom is -0.508 e. The zero-order chi connectivity index (χ0) is 32.5. The van der Waals surface area contributed by atoms with E-state index in [2.05, 4.69) is 22.2 Å². The fourth-order valence-electron chi connectivity index (χ4n) is 4.40. The van der Waals surface area contributed by atoms with E-state index in [-0.39, 0.29) is 41.2 Å². The lowest BCUT2D eigenvalue weighted by atomic mass is 9.99. The average molecular weight is 614 g/mol. The molecule has 232 valence electrons. The number of phenols is 1. The number of phenolic OH excluding ortho intramolecular Hbond substituents is 1. The molecule has 0 radical (unpaired) electrons. The third-order valence-corrected chi connectivity index (χ3v) is 6.47. The third kappa shape index (κ3) is 10.4. The van der Waals surface area contributed by atoms with Gasteiger partial charge >= 0.3 is 0 Å². The summed E-state index contributed by atoms with van der Waals surface area (Å²) in [5.41, 5.74) is 7.86. The van der Waals surface area contributed by atoms with Crippen molar-refractivity contribution in [1.82, 2.24) is 4.90 Å². The number of benzene rings is 3. The summed E-state index contributed by atoms with van der Waals surface area (Å²) in [5.74, 6) is -1.35. The lowest BCUT2D eigenvalue weighted by molar-refractivity contribution is -0.129. The number of halogens is 2. The minimum absolute atomic E-state index is 0.0227. The normalized spacial score (nSPS) is 13.1. The average Bonchev–Trinajstić information content (AvgIpc) is 3.45. The predicted molar refractivity (Wildman–Crippen MR) is 172 cm³/mol. The maximum Gasteiger partial charge on any atom is 0.267 e. The highest BCUT2D eigenvalue weighted by atomic mass is 35.5. The van der Waals surface area contributed by atoms with Crippen molar-refractivity contribution in [1.29, 1.82) is 5.41 Å². The van der Waals surface area contributed by atoms with Crippen molar-refractivity contribution in [3.05, 3.63) is 77.6 Å². The van der Waals surface area contributed by atoms with Gasteiger partial charge in [-0.2, -0.15) is 0 Å². The topological polar surface area (TPSA) is 149 Å². The molecule has 1 saturated heterocycles. The van der Waals surface area contributed by atoms with Crippen LogP contribution in [0.15, 0.2) is 60.7 Å². The number of alkyl halides is 1. The highest BCUT2D eigenvalue weighted by Gasteiger charge is 2.25. The van der Waals surface area contributed by atoms with Gasteiger partial charge in [-0.25, -0.2) is 4.39 Å². The van der Waals surface area contributed by atoms with Crippen LogP contribution in [0.2, 0.25) is 0 Å². The van der Waals surface area contributed by atoms with Crippen molar-refractivity contribution < 1.29 is 23.9 Å². The molecule has 0 aromatic heterocycles. The van der Waals surface area contributed by atoms with Gasteiger partial charge in [0, 0.05) is 41.9 Å². The molecule has 1 fully saturated rings. The number of primary amides is 1. The van der Waals surface area contributed by atoms with Crippen LogP contribution >= 0.6 is 11.6 Å². The van der Waals surface area contributed by atoms with Gasteiger partial charge in [-0.1, -0.05) is 50.2 Å². The highest BCUT2D eigenvalue weighted by Crippen LogP contribution is 2.29. The number of carbonyl (C=O) groups is 3. The van der Waals surface area contributed by atoms with Crippen molar-refractivity contribution in [2.45, 2.75) is 46.6 Å². The number of aromatic hydroxyl groups is 1. The van der Waals surface area contributed by atoms with Crippen molar-refractivity contribution >= 4 is 46.9 Å². The molecule has 1 unspecified atom stereocenters. The predicted octanol–water partition coefficient (Wildman–Crippen LogP) is 5.92. The number of nitrogens with two attached hydrogens (primary N) is 1. The number of anilines is 2. The molecule has 1 aliphatic heterocycles. The van der Waals surface area contributed by atoms with E-state index >= 15 is 0 Å². The molecule has 1 atom stereocenters. The van der Waals surface area contributed by atoms with E-state index in [4.69, 9.17) is 11.1 Å². The smallest absolute Gasteiger partial charge is 0.267 e. The second-order valence-corrected chi connectivity index (χ2v) is 9.15. The lowest BCUT2D eigenvalue weighted by Gasteiger charge is -2.22. The summed E-state index contributed by atoms with van der Waals surface area (Å²) < 4.78 is 14.1. The Hall–Kier alpha value is -4.44. The number of carbonyl (C=O) groups excluding carboxylic acids is 3. The summed E-state index contributed by atoms with van der Waals surface area (Å²) in [6.45, 7) is 8.71. The van der Waals surface area contributed by atoms with Crippen LogP contribution in [0.4, 0.5) is 15.8 Å². The molecule has 0 aliphatic carbocycles. The first-order chi connectivity index (χ1) is 20.6. The highest BCUT2D eigenvalue weighted by molar-refractivity contribution is 6.44. The second-order valence-electron chi connectivity index (χ2n) is 9.15. The number of hydrogen-bond acceptors (Lipinski definition) is 6. The van der Waals surface area contributed by atoms with E-state index < -0.39 is 11.7 Å². The molecule has 9 nitrogen and oxygen atoms in total. The Morgan fingerprint density at radius 1 is 1.09 bits per heavy atom. The standard InChI is InChI=1S/C15H20N4O3.C14H12FNO.C2H6.CH3Cl/c1-9-3-2-6-19(9)13(21)8-18-12-7-10(20)4-5-11(12)14(16)15(17)22;1-10-5-2-3-6-11(10)12-7-4-8-13(14(12)15)16-9-17;2*1-2/h4-5,7,9,16,18,20H,2-3,6,8H2,1H3,(H2,17,22);2-9H,1H3,(H,16,17);1-2H3;1H3. The van der Waals surface area contributed by atoms with Crippen LogP contribution in [0.5, 0.6) is 5.75 Å². The quantitative estimate of drug-likeness (QED) is 0.121. The fourth-order valence-corrected chi connectivity index (χ4v) is 4.40. The number of nitrogens with one attached hydrogen (secondary N) is 3. The van der Waals surface area contributed by atoms with Crippen molar-refractivity contribution in [2.24, 2.45) is 5.73 Å². The molecule has 11 heteroatoms. The molecule has 1 aliphatic rings. The van der Waals surface area contributed by atoms with Gasteiger partial charge in [-0.3, -0.25) is 19.8 Å². The minimum atomic E-state index is -0.867. The SMILES string of the molecule is CC.CC1CCCN1C(=O)CNc1cc(O)ccc1C(=N)C(N)=O.CCl.Cc1ccccc1-c1cccc(NC=O)c1F. The Kier molecular flexibility index (Phi) is 16.1. The number of hydrogen-bond donors (Lipinski definition) is 5. The summed E-state index contributed by atoms with van der Waals surface area (Å²) >= 11 is 4.64. The Morgan fingerprint density at radius 3 is 2.33 bits per heavy atom. The molecule has 43 heavy (non-hydrogen) atoms. The molecular formula is C32H41ClFN5O4. The van der Waals surface area contributed by atoms with E-state index in [0.29, 0.717) is 17.7 Å². The summed E-state index contributed by atoms with van der Waals surface area (Å²) in [7, 11) is 0. The van der Waals surface area contributed by atoms with Crippen molar-refractivity contribution in [3.8, 4) is 16.9 Å². The number of amides is 3. The van der Waals surface area contributed by atoms with Crippen LogP contribution in [0.1, 0.15) is 44.7 Å². The number of rotatable bonds is 8. The van der Waals surface area contributed by atoms with Gasteiger partial charge in [0.05, 0.1) is 12.2 Å². The van der Waals surface area contributed by atoms with Gasteiger partial charge in [-0.15, -0.1) is 11.6 Å². The molecule has 6 N–H and O–H groups in total. The van der Waals surface area contributed by atoms with Crippen molar-refractivity contribution in [2.75, 3.05) is 30.1 Å². The van der Waals surface area contributed by atoms with E-state index in [1.165, 1.54) is 30.6 Å². The first-order valence-electron chi connectivity index (χ1n) is 13.8. The maximum absolute atomic E-state index is 14.1. The van der Waals surface area contributed by atoms with Gasteiger partial charge in [0.25, 0.3) is 5.91 Å². The van der Waals surface area contributed by atoms with Crippen LogP contribution in [-0.4, -0.2) is 59.5 Å². The third-order valence-electron chi connectivity index (χ3n) is 6.47. The van der Waals surface area contributed by atoms with Gasteiger partial charge in [-0.05, 0) is 56.0 Å². The van der Waals surface area contributed by atoms with Gasteiger partial charge < -0.3 is 26.4 Å². The maximum atomic E-state index is 14.1. The van der Waals surface area contributed by atoms with E-state index in [0.717, 1.165) is 30.5 Å². The monoisotopic (exact) mass is 613 g/mol. The van der Waals surface area contributed by atoms with E-state index in [1.807, 2.05) is 52.0 Å². The molecule has 1 heterocycles. The van der Waals surface area contributed by atoms with Crippen LogP contribution in [0.25, 0.3) is 11.1 Å². The van der Waals surface area contributed by atoms with Crippen molar-refractivity contribution in [3.63, 3.8) is 0 Å². The summed E-state index contributed by atoms with van der Waals surface area (Å²) in [4.78, 5) is 35.5. The van der Waals surface area contributed by atoms with Crippen LogP contribution < -0.4 is 16.4 Å². The molecule has 3 amide bonds. The zero-order valence-corrected chi connectivity index (χ0v) is 26.0. The summed E-state index contributed by atoms with van der Waals surface area (Å²) in [6, 6.07) is 16.9. The Balaban J connectivity index is 0.000000395. The molecule has 3 aromatic rings. The molecule has 0 saturated carbocycles. The number of nitrogens with zero attached hydrogens (tertiary/aromatic N) is 1. The van der Waals surface area contributed by atoms with Crippen LogP contribution in [-0.2, 0) is 14.4 Å². The first kappa shape index (κ1) is 36.6. The fraction of sp³-hybridized carbons (Fsp3) is 0.312. The molecule has 0 spiro atoms.